The highest BCUT2D eigenvalue weighted by atomic mass is 16.9. The van der Waals surface area contributed by atoms with Crippen molar-refractivity contribution in [2.75, 3.05) is 11.9 Å². The molecule has 1 aromatic rings. The van der Waals surface area contributed by atoms with E-state index in [9.17, 15) is 14.7 Å². The predicted molar refractivity (Wildman–Crippen MR) is 102 cm³/mol. The van der Waals surface area contributed by atoms with Crippen molar-refractivity contribution in [3.8, 4) is 5.75 Å². The number of ether oxygens (including phenoxy) is 5. The number of fused-ring (bicyclic) bond motifs is 3. The SMILES string of the molecule is CC1(C)O[C@H]2OC(C(=O)NCC(=O)Nc3ccccc3O)[C@@H]3OC(C)(C)O[C@@H]3[C@H]2O1. The van der Waals surface area contributed by atoms with Gasteiger partial charge in [-0.25, -0.2) is 0 Å². The molecule has 4 rings (SSSR count). The highest BCUT2D eigenvalue weighted by molar-refractivity contribution is 5.96. The maximum absolute atomic E-state index is 12.8. The van der Waals surface area contributed by atoms with Gasteiger partial charge in [0.05, 0.1) is 12.2 Å². The van der Waals surface area contributed by atoms with E-state index in [0.717, 1.165) is 0 Å². The second kappa shape index (κ2) is 7.47. The largest absolute Gasteiger partial charge is 0.506 e. The number of aromatic hydroxyl groups is 1. The normalized spacial score (nSPS) is 33.4. The molecule has 1 unspecified atom stereocenters. The second-order valence-corrected chi connectivity index (χ2v) is 8.37. The molecule has 10 nitrogen and oxygen atoms in total. The van der Waals surface area contributed by atoms with Crippen LogP contribution in [0.5, 0.6) is 5.75 Å². The van der Waals surface area contributed by atoms with Crippen LogP contribution in [-0.4, -0.2) is 65.7 Å². The van der Waals surface area contributed by atoms with Gasteiger partial charge in [-0.3, -0.25) is 9.59 Å². The smallest absolute Gasteiger partial charge is 0.252 e. The molecule has 0 saturated carbocycles. The molecule has 3 aliphatic heterocycles. The molecule has 10 heteroatoms. The number of para-hydroxylation sites is 2. The van der Waals surface area contributed by atoms with Crippen LogP contribution in [0.1, 0.15) is 27.7 Å². The van der Waals surface area contributed by atoms with Crippen LogP contribution in [0.15, 0.2) is 24.3 Å². The van der Waals surface area contributed by atoms with Gasteiger partial charge in [0.1, 0.15) is 24.1 Å². The molecule has 2 amide bonds. The lowest BCUT2D eigenvalue weighted by atomic mass is 9.98. The van der Waals surface area contributed by atoms with Crippen molar-refractivity contribution >= 4 is 17.5 Å². The lowest BCUT2D eigenvalue weighted by Crippen LogP contribution is -2.59. The maximum atomic E-state index is 12.8. The van der Waals surface area contributed by atoms with Gasteiger partial charge in [0.15, 0.2) is 24.0 Å². The standard InChI is InChI=1S/C20H26N2O8/c1-19(2)27-13-14(28-19)16-18(30-20(3,4)29-16)26-15(13)17(25)21-9-12(24)22-10-7-5-6-8-11(10)23/h5-8,13-16,18,23H,9H2,1-4H3,(H,21,25)(H,22,24)/t13-,14+,15?,16-,18-/m1/s1. The molecule has 164 valence electrons. The number of carbonyl (C=O) groups is 2. The summed E-state index contributed by atoms with van der Waals surface area (Å²) in [5, 5.41) is 14.8. The minimum absolute atomic E-state index is 0.0681. The van der Waals surface area contributed by atoms with Crippen molar-refractivity contribution in [2.45, 2.75) is 70.0 Å². The summed E-state index contributed by atoms with van der Waals surface area (Å²) in [6.45, 7) is 6.68. The number of phenolic OH excluding ortho intramolecular Hbond substituents is 1. The van der Waals surface area contributed by atoms with E-state index in [0.29, 0.717) is 0 Å². The van der Waals surface area contributed by atoms with Crippen molar-refractivity contribution in [1.29, 1.82) is 0 Å². The lowest BCUT2D eigenvalue weighted by molar-refractivity contribution is -0.231. The second-order valence-electron chi connectivity index (χ2n) is 8.37. The summed E-state index contributed by atoms with van der Waals surface area (Å²) in [6.07, 6.45) is -3.68. The molecule has 3 N–H and O–H groups in total. The van der Waals surface area contributed by atoms with Gasteiger partial charge in [-0.1, -0.05) is 12.1 Å². The third-order valence-corrected chi connectivity index (χ3v) is 5.01. The Bertz CT molecular complexity index is 842. The van der Waals surface area contributed by atoms with Crippen LogP contribution in [0.2, 0.25) is 0 Å². The van der Waals surface area contributed by atoms with Crippen LogP contribution in [-0.2, 0) is 33.3 Å². The topological polar surface area (TPSA) is 125 Å². The van der Waals surface area contributed by atoms with Crippen molar-refractivity contribution in [2.24, 2.45) is 0 Å². The first-order valence-corrected chi connectivity index (χ1v) is 9.77. The third-order valence-electron chi connectivity index (χ3n) is 5.01. The van der Waals surface area contributed by atoms with Crippen LogP contribution in [0.25, 0.3) is 0 Å². The van der Waals surface area contributed by atoms with Gasteiger partial charge in [0, 0.05) is 0 Å². The Balaban J connectivity index is 1.41. The maximum Gasteiger partial charge on any atom is 0.252 e. The van der Waals surface area contributed by atoms with Crippen molar-refractivity contribution < 1.29 is 38.4 Å². The van der Waals surface area contributed by atoms with Gasteiger partial charge < -0.3 is 39.4 Å². The van der Waals surface area contributed by atoms with Gasteiger partial charge in [0.25, 0.3) is 5.91 Å². The Morgan fingerprint density at radius 2 is 1.60 bits per heavy atom. The Labute approximate surface area is 173 Å². The van der Waals surface area contributed by atoms with E-state index in [-0.39, 0.29) is 18.0 Å². The van der Waals surface area contributed by atoms with Gasteiger partial charge in [-0.05, 0) is 39.8 Å². The molecule has 5 atom stereocenters. The number of amides is 2. The van der Waals surface area contributed by atoms with Crippen LogP contribution in [0.4, 0.5) is 5.69 Å². The van der Waals surface area contributed by atoms with E-state index in [1.807, 2.05) is 0 Å². The zero-order valence-electron chi connectivity index (χ0n) is 17.2. The van der Waals surface area contributed by atoms with Crippen molar-refractivity contribution in [3.63, 3.8) is 0 Å². The van der Waals surface area contributed by atoms with E-state index in [2.05, 4.69) is 10.6 Å². The fraction of sp³-hybridized carbons (Fsp3) is 0.600. The fourth-order valence-corrected chi connectivity index (χ4v) is 3.87. The minimum Gasteiger partial charge on any atom is -0.506 e. The summed E-state index contributed by atoms with van der Waals surface area (Å²) in [5.74, 6) is -2.92. The Kier molecular flexibility index (Phi) is 5.23. The monoisotopic (exact) mass is 422 g/mol. The molecule has 3 saturated heterocycles. The summed E-state index contributed by atoms with van der Waals surface area (Å²) in [5.41, 5.74) is 0.251. The van der Waals surface area contributed by atoms with Crippen molar-refractivity contribution in [3.05, 3.63) is 24.3 Å². The third kappa shape index (κ3) is 4.14. The number of nitrogens with one attached hydrogen (secondary N) is 2. The highest BCUT2D eigenvalue weighted by Gasteiger charge is 2.62. The lowest BCUT2D eigenvalue weighted by Gasteiger charge is -2.36. The molecule has 1 aromatic carbocycles. The van der Waals surface area contributed by atoms with Gasteiger partial charge >= 0.3 is 0 Å². The average Bonchev–Trinajstić information content (AvgIpc) is 3.14. The predicted octanol–water partition coefficient (Wildman–Crippen LogP) is 0.843. The Hall–Kier alpha value is -2.24. The van der Waals surface area contributed by atoms with Crippen LogP contribution in [0, 0.1) is 0 Å². The zero-order chi connectivity index (χ0) is 21.7. The molecule has 0 bridgehead atoms. The van der Waals surface area contributed by atoms with Gasteiger partial charge in [-0.2, -0.15) is 0 Å². The van der Waals surface area contributed by atoms with Crippen LogP contribution >= 0.6 is 0 Å². The number of anilines is 1. The molecule has 3 fully saturated rings. The van der Waals surface area contributed by atoms with Crippen molar-refractivity contribution in [1.82, 2.24) is 5.32 Å². The molecule has 0 spiro atoms. The minimum atomic E-state index is -1.05. The molecule has 3 aliphatic rings. The fourth-order valence-electron chi connectivity index (χ4n) is 3.87. The summed E-state index contributed by atoms with van der Waals surface area (Å²) in [4.78, 5) is 25.0. The van der Waals surface area contributed by atoms with E-state index in [4.69, 9.17) is 23.7 Å². The van der Waals surface area contributed by atoms with E-state index < -0.39 is 54.1 Å². The zero-order valence-corrected chi connectivity index (χ0v) is 17.2. The molecule has 0 aliphatic carbocycles. The number of benzene rings is 1. The summed E-state index contributed by atoms with van der Waals surface area (Å²) in [7, 11) is 0. The van der Waals surface area contributed by atoms with Crippen LogP contribution < -0.4 is 10.6 Å². The highest BCUT2D eigenvalue weighted by Crippen LogP contribution is 2.44. The number of carbonyl (C=O) groups excluding carboxylic acids is 2. The Morgan fingerprint density at radius 1 is 0.967 bits per heavy atom. The number of hydrogen-bond acceptors (Lipinski definition) is 8. The van der Waals surface area contributed by atoms with Crippen LogP contribution in [0.3, 0.4) is 0 Å². The van der Waals surface area contributed by atoms with Gasteiger partial charge in [-0.15, -0.1) is 0 Å². The first-order chi connectivity index (χ1) is 14.0. The summed E-state index contributed by atoms with van der Waals surface area (Å²) >= 11 is 0. The molecule has 0 radical (unpaired) electrons. The van der Waals surface area contributed by atoms with E-state index >= 15 is 0 Å². The quantitative estimate of drug-likeness (QED) is 0.610. The Morgan fingerprint density at radius 3 is 2.33 bits per heavy atom. The molecule has 0 aromatic heterocycles. The van der Waals surface area contributed by atoms with E-state index in [1.54, 1.807) is 45.9 Å². The summed E-state index contributed by atoms with van der Waals surface area (Å²) in [6, 6.07) is 6.31. The summed E-state index contributed by atoms with van der Waals surface area (Å²) < 4.78 is 29.4. The molecule has 3 heterocycles. The first kappa shape index (κ1) is 21.0. The number of hydrogen-bond donors (Lipinski definition) is 3. The van der Waals surface area contributed by atoms with E-state index in [1.165, 1.54) is 6.07 Å². The first-order valence-electron chi connectivity index (χ1n) is 9.77. The molecule has 30 heavy (non-hydrogen) atoms. The number of phenols is 1. The molecular formula is C20H26N2O8. The molecular weight excluding hydrogens is 396 g/mol. The van der Waals surface area contributed by atoms with Gasteiger partial charge in [0.2, 0.25) is 5.91 Å². The number of rotatable bonds is 4. The average molecular weight is 422 g/mol.